The molecule has 2 heterocycles. The predicted octanol–water partition coefficient (Wildman–Crippen LogP) is 0.919. The van der Waals surface area contributed by atoms with Gasteiger partial charge in [0, 0.05) is 12.0 Å². The minimum absolute atomic E-state index is 0.0740. The molecule has 0 spiro atoms. The monoisotopic (exact) mass is 291 g/mol. The van der Waals surface area contributed by atoms with Crippen molar-refractivity contribution in [3.05, 3.63) is 33.4 Å². The Hall–Kier alpha value is -2.09. The molecule has 104 valence electrons. The van der Waals surface area contributed by atoms with Gasteiger partial charge in [-0.1, -0.05) is 11.3 Å². The van der Waals surface area contributed by atoms with E-state index in [1.165, 1.54) is 28.3 Å². The topological polar surface area (TPSA) is 89.8 Å². The van der Waals surface area contributed by atoms with E-state index in [1.807, 2.05) is 0 Å². The molecule has 0 radical (unpaired) electrons. The zero-order valence-corrected chi connectivity index (χ0v) is 11.7. The first-order valence-electron chi connectivity index (χ1n) is 6.28. The van der Waals surface area contributed by atoms with Gasteiger partial charge >= 0.3 is 0 Å². The summed E-state index contributed by atoms with van der Waals surface area (Å²) in [4.78, 5) is 27.9. The Kier molecular flexibility index (Phi) is 3.31. The van der Waals surface area contributed by atoms with Gasteiger partial charge in [0.1, 0.15) is 11.6 Å². The Bertz CT molecular complexity index is 704. The highest BCUT2D eigenvalue weighted by Crippen LogP contribution is 2.38. The van der Waals surface area contributed by atoms with Crippen LogP contribution in [-0.4, -0.2) is 25.7 Å². The molecule has 1 aliphatic carbocycles. The molecule has 0 aromatic carbocycles. The van der Waals surface area contributed by atoms with E-state index in [4.69, 9.17) is 0 Å². The molecule has 20 heavy (non-hydrogen) atoms. The quantitative estimate of drug-likeness (QED) is 0.904. The Balaban J connectivity index is 1.67. The van der Waals surface area contributed by atoms with Gasteiger partial charge in [0.15, 0.2) is 0 Å². The summed E-state index contributed by atoms with van der Waals surface area (Å²) in [6.45, 7) is 1.73. The molecule has 2 aromatic rings. The Morgan fingerprint density at radius 1 is 1.50 bits per heavy atom. The van der Waals surface area contributed by atoms with Crippen LogP contribution >= 0.6 is 11.3 Å². The van der Waals surface area contributed by atoms with E-state index in [2.05, 4.69) is 20.5 Å². The van der Waals surface area contributed by atoms with E-state index < -0.39 is 0 Å². The van der Waals surface area contributed by atoms with E-state index in [-0.39, 0.29) is 18.0 Å². The van der Waals surface area contributed by atoms with Crippen LogP contribution in [0.5, 0.6) is 0 Å². The van der Waals surface area contributed by atoms with Gasteiger partial charge in [0.05, 0.1) is 12.0 Å². The molecule has 0 bridgehead atoms. The molecule has 0 unspecified atom stereocenters. The number of amides is 1. The number of nitrogens with one attached hydrogen (secondary N) is 1. The lowest BCUT2D eigenvalue weighted by molar-refractivity contribution is -0.116. The Labute approximate surface area is 118 Å². The molecule has 8 heteroatoms. The van der Waals surface area contributed by atoms with Crippen LogP contribution < -0.4 is 10.9 Å². The summed E-state index contributed by atoms with van der Waals surface area (Å²) < 4.78 is 1.29. The second kappa shape index (κ2) is 5.12. The number of hydrogen-bond acceptors (Lipinski definition) is 6. The van der Waals surface area contributed by atoms with Crippen molar-refractivity contribution in [1.29, 1.82) is 0 Å². The van der Waals surface area contributed by atoms with Crippen LogP contribution in [0.4, 0.5) is 5.13 Å². The van der Waals surface area contributed by atoms with Crippen molar-refractivity contribution in [2.24, 2.45) is 0 Å². The summed E-state index contributed by atoms with van der Waals surface area (Å²) in [6, 6.07) is 1.51. The van der Waals surface area contributed by atoms with Gasteiger partial charge in [-0.2, -0.15) is 0 Å². The summed E-state index contributed by atoms with van der Waals surface area (Å²) in [5.74, 6) is 0.111. The number of nitrogens with zero attached hydrogens (tertiary/aromatic N) is 4. The summed E-state index contributed by atoms with van der Waals surface area (Å²) in [5, 5.41) is 11.4. The number of aromatic nitrogens is 4. The largest absolute Gasteiger partial charge is 0.299 e. The zero-order chi connectivity index (χ0) is 14.1. The number of aryl methyl sites for hydroxylation is 1. The second-order valence-electron chi connectivity index (χ2n) is 4.73. The minimum Gasteiger partial charge on any atom is -0.299 e. The number of anilines is 1. The summed E-state index contributed by atoms with van der Waals surface area (Å²) in [5.41, 5.74) is 0.622. The minimum atomic E-state index is -0.316. The fourth-order valence-corrected chi connectivity index (χ4v) is 2.43. The van der Waals surface area contributed by atoms with Gasteiger partial charge in [-0.15, -0.1) is 10.2 Å². The lowest BCUT2D eigenvalue weighted by Crippen LogP contribution is -2.27. The molecule has 7 nitrogen and oxygen atoms in total. The van der Waals surface area contributed by atoms with Crippen LogP contribution in [0.2, 0.25) is 0 Å². The third kappa shape index (κ3) is 2.90. The fourth-order valence-electron chi connectivity index (χ4n) is 1.82. The molecule has 2 aromatic heterocycles. The lowest BCUT2D eigenvalue weighted by Gasteiger charge is -2.05. The van der Waals surface area contributed by atoms with Gasteiger partial charge in [-0.05, 0) is 19.8 Å². The molecule has 0 saturated heterocycles. The first kappa shape index (κ1) is 12.9. The van der Waals surface area contributed by atoms with E-state index in [0.717, 1.165) is 23.5 Å². The Morgan fingerprint density at radius 3 is 2.90 bits per heavy atom. The van der Waals surface area contributed by atoms with E-state index in [1.54, 1.807) is 6.92 Å². The summed E-state index contributed by atoms with van der Waals surface area (Å²) >= 11 is 1.29. The Morgan fingerprint density at radius 2 is 2.30 bits per heavy atom. The second-order valence-corrected chi connectivity index (χ2v) is 5.91. The molecule has 1 N–H and O–H groups in total. The van der Waals surface area contributed by atoms with Crippen molar-refractivity contribution in [2.75, 3.05) is 5.32 Å². The number of hydrogen-bond donors (Lipinski definition) is 1. The molecule has 1 amide bonds. The van der Waals surface area contributed by atoms with Crippen LogP contribution in [0.1, 0.15) is 29.5 Å². The average molecular weight is 291 g/mol. The maximum absolute atomic E-state index is 11.9. The number of carbonyl (C=O) groups excluding carboxylic acids is 1. The highest BCUT2D eigenvalue weighted by Gasteiger charge is 2.25. The SMILES string of the molecule is Cc1nnc(NC(=O)Cn2cnc(C3CC3)cc2=O)s1. The third-order valence-electron chi connectivity index (χ3n) is 2.98. The van der Waals surface area contributed by atoms with Crippen LogP contribution in [0.15, 0.2) is 17.2 Å². The van der Waals surface area contributed by atoms with Gasteiger partial charge < -0.3 is 0 Å². The van der Waals surface area contributed by atoms with Gasteiger partial charge in [-0.25, -0.2) is 4.98 Å². The lowest BCUT2D eigenvalue weighted by atomic mass is 10.3. The molecular formula is C12H13N5O2S. The van der Waals surface area contributed by atoms with Crippen molar-refractivity contribution < 1.29 is 4.79 Å². The van der Waals surface area contributed by atoms with Gasteiger partial charge in [-0.3, -0.25) is 19.5 Å². The molecule has 1 saturated carbocycles. The van der Waals surface area contributed by atoms with E-state index in [9.17, 15) is 9.59 Å². The van der Waals surface area contributed by atoms with Crippen LogP contribution in [-0.2, 0) is 11.3 Å². The van der Waals surface area contributed by atoms with Gasteiger partial charge in [0.2, 0.25) is 11.0 Å². The highest BCUT2D eigenvalue weighted by atomic mass is 32.1. The summed E-state index contributed by atoms with van der Waals surface area (Å²) in [7, 11) is 0. The van der Waals surface area contributed by atoms with Crippen molar-refractivity contribution in [1.82, 2.24) is 19.7 Å². The normalized spacial score (nSPS) is 14.2. The van der Waals surface area contributed by atoms with Crippen LogP contribution in [0.25, 0.3) is 0 Å². The molecular weight excluding hydrogens is 278 g/mol. The van der Waals surface area contributed by atoms with Crippen molar-refractivity contribution in [2.45, 2.75) is 32.2 Å². The number of carbonyl (C=O) groups is 1. The molecule has 1 aliphatic rings. The summed E-state index contributed by atoms with van der Waals surface area (Å²) in [6.07, 6.45) is 3.61. The maximum Gasteiger partial charge on any atom is 0.254 e. The van der Waals surface area contributed by atoms with E-state index >= 15 is 0 Å². The molecule has 0 aliphatic heterocycles. The van der Waals surface area contributed by atoms with Crippen LogP contribution in [0, 0.1) is 6.92 Å². The maximum atomic E-state index is 11.9. The standard InChI is InChI=1S/C12H13N5O2S/c1-7-15-16-12(20-7)14-10(18)5-17-6-13-9(4-11(17)19)8-2-3-8/h4,6,8H,2-3,5H2,1H3,(H,14,16,18). The average Bonchev–Trinajstić information content (AvgIpc) is 3.16. The van der Waals surface area contributed by atoms with Gasteiger partial charge in [0.25, 0.3) is 5.56 Å². The van der Waals surface area contributed by atoms with Crippen molar-refractivity contribution in [3.63, 3.8) is 0 Å². The van der Waals surface area contributed by atoms with Crippen molar-refractivity contribution in [3.8, 4) is 0 Å². The molecule has 3 rings (SSSR count). The third-order valence-corrected chi connectivity index (χ3v) is 3.74. The first-order chi connectivity index (χ1) is 9.61. The molecule has 1 fully saturated rings. The van der Waals surface area contributed by atoms with Crippen molar-refractivity contribution >= 4 is 22.4 Å². The number of rotatable bonds is 4. The van der Waals surface area contributed by atoms with Crippen LogP contribution in [0.3, 0.4) is 0 Å². The highest BCUT2D eigenvalue weighted by molar-refractivity contribution is 7.15. The fraction of sp³-hybridized carbons (Fsp3) is 0.417. The zero-order valence-electron chi connectivity index (χ0n) is 10.9. The van der Waals surface area contributed by atoms with E-state index in [0.29, 0.717) is 11.0 Å². The smallest absolute Gasteiger partial charge is 0.254 e. The molecule has 0 atom stereocenters. The predicted molar refractivity (Wildman–Crippen MR) is 73.7 cm³/mol. The first-order valence-corrected chi connectivity index (χ1v) is 7.10.